The lowest BCUT2D eigenvalue weighted by Gasteiger charge is -2.35. The first kappa shape index (κ1) is 22.2. The number of nitriles is 1. The molecule has 0 atom stereocenters. The van der Waals surface area contributed by atoms with E-state index in [-0.39, 0.29) is 28.7 Å². The van der Waals surface area contributed by atoms with Crippen molar-refractivity contribution < 1.29 is 14.5 Å². The third kappa shape index (κ3) is 5.00. The molecule has 1 aliphatic rings. The number of para-hydroxylation sites is 2. The molecule has 2 aromatic rings. The summed E-state index contributed by atoms with van der Waals surface area (Å²) in [7, 11) is 0. The first-order chi connectivity index (χ1) is 14.8. The summed E-state index contributed by atoms with van der Waals surface area (Å²) in [4.78, 5) is 43.1. The SMILES string of the molecule is CC(=O)c1cc(C#N)c(SCC(=O)N2CCN(c3ccccc3[N+](=O)[O-])CC2)nc1C. The van der Waals surface area contributed by atoms with Gasteiger partial charge in [-0.15, -0.1) is 0 Å². The van der Waals surface area contributed by atoms with Crippen molar-refractivity contribution in [3.05, 3.63) is 57.3 Å². The zero-order valence-corrected chi connectivity index (χ0v) is 18.0. The van der Waals surface area contributed by atoms with Crippen molar-refractivity contribution in [3.63, 3.8) is 0 Å². The van der Waals surface area contributed by atoms with E-state index in [0.29, 0.717) is 48.1 Å². The molecule has 0 unspecified atom stereocenters. The molecule has 0 radical (unpaired) electrons. The van der Waals surface area contributed by atoms with Gasteiger partial charge in [-0.25, -0.2) is 4.98 Å². The second-order valence-corrected chi connectivity index (χ2v) is 8.01. The third-order valence-electron chi connectivity index (χ3n) is 5.06. The standard InChI is InChI=1S/C21H21N5O4S/c1-14-17(15(2)27)11-16(12-22)21(23-14)31-13-20(28)25-9-7-24(8-10-25)18-5-3-4-6-19(18)26(29)30/h3-6,11H,7-10,13H2,1-2H3. The second-order valence-electron chi connectivity index (χ2n) is 7.04. The Bertz CT molecular complexity index is 1070. The van der Waals surface area contributed by atoms with Crippen LogP contribution in [0.25, 0.3) is 0 Å². The first-order valence-electron chi connectivity index (χ1n) is 9.63. The van der Waals surface area contributed by atoms with E-state index in [0.717, 1.165) is 0 Å². The number of aromatic nitrogens is 1. The lowest BCUT2D eigenvalue weighted by Crippen LogP contribution is -2.49. The summed E-state index contributed by atoms with van der Waals surface area (Å²) in [5.74, 6) is -0.136. The minimum Gasteiger partial charge on any atom is -0.362 e. The predicted octanol–water partition coefficient (Wildman–Crippen LogP) is 2.81. The summed E-state index contributed by atoms with van der Waals surface area (Å²) in [6, 6.07) is 10.1. The largest absolute Gasteiger partial charge is 0.362 e. The summed E-state index contributed by atoms with van der Waals surface area (Å²) in [5.41, 5.74) is 1.81. The number of ketones is 1. The molecule has 3 rings (SSSR count). The van der Waals surface area contributed by atoms with Crippen molar-refractivity contribution in [2.24, 2.45) is 0 Å². The van der Waals surface area contributed by atoms with Crippen LogP contribution in [0.5, 0.6) is 0 Å². The molecule has 1 aliphatic heterocycles. The van der Waals surface area contributed by atoms with E-state index in [1.54, 1.807) is 30.0 Å². The Morgan fingerprint density at radius 2 is 1.94 bits per heavy atom. The Labute approximate surface area is 183 Å². The van der Waals surface area contributed by atoms with Crippen LogP contribution in [-0.2, 0) is 4.79 Å². The highest BCUT2D eigenvalue weighted by atomic mass is 32.2. The van der Waals surface area contributed by atoms with Gasteiger partial charge in [0.05, 0.1) is 16.2 Å². The minimum absolute atomic E-state index is 0.0531. The Morgan fingerprint density at radius 3 is 2.55 bits per heavy atom. The van der Waals surface area contributed by atoms with Crippen LogP contribution < -0.4 is 4.90 Å². The highest BCUT2D eigenvalue weighted by molar-refractivity contribution is 8.00. The average Bonchev–Trinajstić information content (AvgIpc) is 2.77. The number of thioether (sulfide) groups is 1. The fourth-order valence-electron chi connectivity index (χ4n) is 3.43. The fraction of sp³-hybridized carbons (Fsp3) is 0.333. The number of benzene rings is 1. The van der Waals surface area contributed by atoms with Gasteiger partial charge in [0.25, 0.3) is 5.69 Å². The highest BCUT2D eigenvalue weighted by Crippen LogP contribution is 2.29. The van der Waals surface area contributed by atoms with Crippen molar-refractivity contribution in [2.75, 3.05) is 36.8 Å². The van der Waals surface area contributed by atoms with Crippen LogP contribution in [0.15, 0.2) is 35.4 Å². The molecule has 10 heteroatoms. The van der Waals surface area contributed by atoms with E-state index in [4.69, 9.17) is 0 Å². The number of Topliss-reactive ketones (excluding diaryl/α,β-unsaturated/α-hetero) is 1. The summed E-state index contributed by atoms with van der Waals surface area (Å²) in [6.07, 6.45) is 0. The molecule has 1 aromatic heterocycles. The number of pyridine rings is 1. The number of anilines is 1. The number of piperazine rings is 1. The summed E-state index contributed by atoms with van der Waals surface area (Å²) >= 11 is 1.17. The van der Waals surface area contributed by atoms with Gasteiger partial charge in [-0.2, -0.15) is 5.26 Å². The minimum atomic E-state index is -0.400. The third-order valence-corrected chi connectivity index (χ3v) is 6.04. The predicted molar refractivity (Wildman–Crippen MR) is 116 cm³/mol. The molecule has 2 heterocycles. The quantitative estimate of drug-likeness (QED) is 0.292. The van der Waals surface area contributed by atoms with Gasteiger partial charge in [0, 0.05) is 43.5 Å². The molecule has 1 saturated heterocycles. The molecule has 1 amide bonds. The number of hydrogen-bond acceptors (Lipinski definition) is 8. The van der Waals surface area contributed by atoms with Crippen LogP contribution in [0.3, 0.4) is 0 Å². The van der Waals surface area contributed by atoms with Gasteiger partial charge >= 0.3 is 0 Å². The van der Waals surface area contributed by atoms with Crippen molar-refractivity contribution in [1.29, 1.82) is 5.26 Å². The maximum absolute atomic E-state index is 12.7. The van der Waals surface area contributed by atoms with Gasteiger partial charge in [-0.3, -0.25) is 19.7 Å². The first-order valence-corrected chi connectivity index (χ1v) is 10.6. The number of carbonyl (C=O) groups is 2. The molecule has 31 heavy (non-hydrogen) atoms. The lowest BCUT2D eigenvalue weighted by atomic mass is 10.1. The molecule has 0 saturated carbocycles. The van der Waals surface area contributed by atoms with Crippen molar-refractivity contribution in [1.82, 2.24) is 9.88 Å². The number of nitrogens with zero attached hydrogens (tertiary/aromatic N) is 5. The summed E-state index contributed by atoms with van der Waals surface area (Å²) < 4.78 is 0. The van der Waals surface area contributed by atoms with E-state index in [1.165, 1.54) is 30.8 Å². The average molecular weight is 439 g/mol. The van der Waals surface area contributed by atoms with Crippen LogP contribution >= 0.6 is 11.8 Å². The smallest absolute Gasteiger partial charge is 0.292 e. The molecule has 0 bridgehead atoms. The van der Waals surface area contributed by atoms with Crippen LogP contribution in [0, 0.1) is 28.4 Å². The van der Waals surface area contributed by atoms with E-state index >= 15 is 0 Å². The number of carbonyl (C=O) groups excluding carboxylic acids is 2. The number of nitro groups is 1. The van der Waals surface area contributed by atoms with Gasteiger partial charge in [0.15, 0.2) is 5.78 Å². The monoisotopic (exact) mass is 439 g/mol. The highest BCUT2D eigenvalue weighted by Gasteiger charge is 2.25. The van der Waals surface area contributed by atoms with Gasteiger partial charge in [0.2, 0.25) is 5.91 Å². The van der Waals surface area contributed by atoms with E-state index in [2.05, 4.69) is 4.98 Å². The maximum atomic E-state index is 12.7. The fourth-order valence-corrected chi connectivity index (χ4v) is 4.34. The lowest BCUT2D eigenvalue weighted by molar-refractivity contribution is -0.384. The Morgan fingerprint density at radius 1 is 1.26 bits per heavy atom. The van der Waals surface area contributed by atoms with Crippen molar-refractivity contribution in [3.8, 4) is 6.07 Å². The summed E-state index contributed by atoms with van der Waals surface area (Å²) in [6.45, 7) is 5.01. The molecule has 0 spiro atoms. The number of rotatable bonds is 6. The maximum Gasteiger partial charge on any atom is 0.292 e. The van der Waals surface area contributed by atoms with Crippen LogP contribution in [-0.4, -0.2) is 58.4 Å². The van der Waals surface area contributed by atoms with E-state index in [1.807, 2.05) is 11.0 Å². The number of amides is 1. The van der Waals surface area contributed by atoms with Gasteiger partial charge in [-0.1, -0.05) is 23.9 Å². The van der Waals surface area contributed by atoms with Gasteiger partial charge in [-0.05, 0) is 26.0 Å². The number of aryl methyl sites for hydroxylation is 1. The Kier molecular flexibility index (Phi) is 6.87. The zero-order chi connectivity index (χ0) is 22.5. The topological polar surface area (TPSA) is 120 Å². The van der Waals surface area contributed by atoms with E-state index in [9.17, 15) is 25.0 Å². The van der Waals surface area contributed by atoms with E-state index < -0.39 is 4.92 Å². The molecule has 0 aliphatic carbocycles. The normalized spacial score (nSPS) is 13.6. The molecule has 160 valence electrons. The molecule has 0 N–H and O–H groups in total. The Hall–Kier alpha value is -3.45. The number of hydrogen-bond donors (Lipinski definition) is 0. The van der Waals surface area contributed by atoms with Gasteiger partial charge < -0.3 is 9.80 Å². The van der Waals surface area contributed by atoms with Crippen LogP contribution in [0.4, 0.5) is 11.4 Å². The number of nitro benzene ring substituents is 1. The van der Waals surface area contributed by atoms with Crippen molar-refractivity contribution >= 4 is 34.8 Å². The van der Waals surface area contributed by atoms with Crippen LogP contribution in [0.2, 0.25) is 0 Å². The second kappa shape index (κ2) is 9.57. The van der Waals surface area contributed by atoms with Crippen LogP contribution in [0.1, 0.15) is 28.5 Å². The zero-order valence-electron chi connectivity index (χ0n) is 17.2. The van der Waals surface area contributed by atoms with Crippen molar-refractivity contribution in [2.45, 2.75) is 18.9 Å². The molecule has 1 fully saturated rings. The van der Waals surface area contributed by atoms with Gasteiger partial charge in [0.1, 0.15) is 16.8 Å². The summed E-state index contributed by atoms with van der Waals surface area (Å²) in [5, 5.41) is 21.0. The molecule has 1 aromatic carbocycles. The Balaban J connectivity index is 1.62. The molecule has 9 nitrogen and oxygen atoms in total. The molecular weight excluding hydrogens is 418 g/mol. The molecular formula is C21H21N5O4S.